The molecular weight excluding hydrogens is 536 g/mol. The number of aliphatic hydroxyl groups is 1. The molecule has 1 saturated heterocycles. The average molecular weight is 575 g/mol. The van der Waals surface area contributed by atoms with Gasteiger partial charge in [0.1, 0.15) is 23.3 Å². The molecule has 2 heterocycles. The van der Waals surface area contributed by atoms with Crippen LogP contribution in [0.3, 0.4) is 0 Å². The first kappa shape index (κ1) is 30.8. The zero-order chi connectivity index (χ0) is 30.1. The third-order valence-electron chi connectivity index (χ3n) is 7.39. The van der Waals surface area contributed by atoms with Gasteiger partial charge in [0.15, 0.2) is 0 Å². The second-order valence-corrected chi connectivity index (χ2v) is 9.98. The second kappa shape index (κ2) is 14.1. The number of hydrogen-bond acceptors (Lipinski definition) is 7. The number of aromatic nitrogens is 2. The second-order valence-electron chi connectivity index (χ2n) is 9.98. The first-order valence-electron chi connectivity index (χ1n) is 13.9. The van der Waals surface area contributed by atoms with E-state index >= 15 is 0 Å². The van der Waals surface area contributed by atoms with Gasteiger partial charge in [-0.2, -0.15) is 0 Å². The maximum atomic E-state index is 12.3. The van der Waals surface area contributed by atoms with Gasteiger partial charge >= 0.3 is 5.69 Å². The first-order valence-corrected chi connectivity index (χ1v) is 13.9. The van der Waals surface area contributed by atoms with Crippen molar-refractivity contribution in [3.05, 3.63) is 129 Å². The van der Waals surface area contributed by atoms with Gasteiger partial charge in [-0.05, 0) is 67.1 Å². The van der Waals surface area contributed by atoms with E-state index in [2.05, 4.69) is 17.1 Å². The Hall–Kier alpha value is -4.18. The average Bonchev–Trinajstić information content (AvgIpc) is 3.49. The number of H-pyrrole nitrogens is 1. The number of aliphatic hydroxyl groups excluding tert-OH is 1. The Balaban J connectivity index is 0.00000198. The van der Waals surface area contributed by atoms with Crippen LogP contribution in [0.15, 0.2) is 101 Å². The van der Waals surface area contributed by atoms with E-state index in [-0.39, 0.29) is 12.2 Å². The Kier molecular flexibility index (Phi) is 10.4. The number of benzene rings is 3. The van der Waals surface area contributed by atoms with Crippen LogP contribution >= 0.6 is 0 Å². The molecule has 9 heteroatoms. The van der Waals surface area contributed by atoms with E-state index in [1.807, 2.05) is 73.7 Å². The lowest BCUT2D eigenvalue weighted by Crippen LogP contribution is -2.37. The molecule has 0 amide bonds. The summed E-state index contributed by atoms with van der Waals surface area (Å²) < 4.78 is 25.7. The van der Waals surface area contributed by atoms with Gasteiger partial charge in [-0.1, -0.05) is 54.6 Å². The van der Waals surface area contributed by atoms with Crippen molar-refractivity contribution in [3.63, 3.8) is 0 Å². The summed E-state index contributed by atoms with van der Waals surface area (Å²) in [5.74, 6) is 1.52. The predicted octanol–water partition coefficient (Wildman–Crippen LogP) is 4.63. The van der Waals surface area contributed by atoms with Crippen molar-refractivity contribution in [1.29, 1.82) is 0 Å². The number of methoxy groups -OCH3 is 2. The Morgan fingerprint density at radius 1 is 0.857 bits per heavy atom. The molecule has 1 fully saturated rings. The summed E-state index contributed by atoms with van der Waals surface area (Å²) in [6.07, 6.45) is 2.79. The molecule has 5 rings (SSSR count). The van der Waals surface area contributed by atoms with Gasteiger partial charge in [0.05, 0.1) is 26.4 Å². The van der Waals surface area contributed by atoms with Crippen molar-refractivity contribution in [1.82, 2.24) is 9.55 Å². The van der Waals surface area contributed by atoms with Gasteiger partial charge in [-0.25, -0.2) is 4.79 Å². The lowest BCUT2D eigenvalue weighted by Gasteiger charge is -2.39. The summed E-state index contributed by atoms with van der Waals surface area (Å²) >= 11 is 0. The first-order chi connectivity index (χ1) is 20.4. The molecule has 3 aromatic carbocycles. The van der Waals surface area contributed by atoms with Crippen LogP contribution in [-0.4, -0.2) is 48.2 Å². The van der Waals surface area contributed by atoms with Gasteiger partial charge in [-0.15, -0.1) is 0 Å². The molecule has 3 unspecified atom stereocenters. The molecule has 2 N–H and O–H groups in total. The monoisotopic (exact) mass is 574 g/mol. The summed E-state index contributed by atoms with van der Waals surface area (Å²) in [5, 5.41) is 7.00. The topological polar surface area (TPSA) is 112 Å². The van der Waals surface area contributed by atoms with Crippen LogP contribution in [-0.2, 0) is 15.1 Å². The molecule has 0 saturated carbocycles. The highest BCUT2D eigenvalue weighted by Gasteiger charge is 2.40. The quantitative estimate of drug-likeness (QED) is 0.266. The van der Waals surface area contributed by atoms with Crippen molar-refractivity contribution in [2.75, 3.05) is 21.3 Å². The van der Waals surface area contributed by atoms with Crippen LogP contribution in [0.25, 0.3) is 0 Å². The van der Waals surface area contributed by atoms with Crippen LogP contribution in [0.1, 0.15) is 49.1 Å². The molecule has 1 aliphatic heterocycles. The van der Waals surface area contributed by atoms with Gasteiger partial charge < -0.3 is 24.1 Å². The Labute approximate surface area is 245 Å². The van der Waals surface area contributed by atoms with Gasteiger partial charge in [-0.3, -0.25) is 14.3 Å². The summed E-state index contributed by atoms with van der Waals surface area (Å²) in [4.78, 5) is 26.1. The molecule has 0 spiro atoms. The molecule has 0 radical (unpaired) electrons. The van der Waals surface area contributed by atoms with Crippen LogP contribution in [0.4, 0.5) is 0 Å². The van der Waals surface area contributed by atoms with E-state index < -0.39 is 23.1 Å². The molecule has 222 valence electrons. The third-order valence-corrected chi connectivity index (χ3v) is 7.39. The van der Waals surface area contributed by atoms with E-state index in [4.69, 9.17) is 24.1 Å². The highest BCUT2D eigenvalue weighted by molar-refractivity contribution is 5.49. The summed E-state index contributed by atoms with van der Waals surface area (Å²) in [7, 11) is 4.30. The van der Waals surface area contributed by atoms with E-state index in [0.717, 1.165) is 41.7 Å². The predicted molar refractivity (Wildman–Crippen MR) is 160 cm³/mol. The number of nitrogens with zero attached hydrogens (tertiary/aromatic N) is 1. The summed E-state index contributed by atoms with van der Waals surface area (Å²) in [5.41, 5.74) is 1.09. The Morgan fingerprint density at radius 2 is 1.40 bits per heavy atom. The van der Waals surface area contributed by atoms with Crippen LogP contribution in [0.2, 0.25) is 0 Å². The van der Waals surface area contributed by atoms with Crippen molar-refractivity contribution < 1.29 is 24.1 Å². The SMILES string of the molecule is CO.COc1ccc(C(OC(C)CC2CCC(n3ccc(=O)[nH]c3=O)O2)(c2ccccc2)c2ccc(OC)cc2)cc1. The van der Waals surface area contributed by atoms with E-state index in [9.17, 15) is 9.59 Å². The molecule has 0 bridgehead atoms. The summed E-state index contributed by atoms with van der Waals surface area (Å²) in [6.45, 7) is 2.05. The van der Waals surface area contributed by atoms with Crippen LogP contribution in [0.5, 0.6) is 11.5 Å². The molecule has 1 aromatic heterocycles. The fourth-order valence-electron chi connectivity index (χ4n) is 5.47. The smallest absolute Gasteiger partial charge is 0.330 e. The van der Waals surface area contributed by atoms with Crippen LogP contribution in [0, 0.1) is 0 Å². The highest BCUT2D eigenvalue weighted by Crippen LogP contribution is 2.43. The van der Waals surface area contributed by atoms with Gasteiger partial charge in [0.25, 0.3) is 5.56 Å². The highest BCUT2D eigenvalue weighted by atomic mass is 16.5. The number of ether oxygens (including phenoxy) is 4. The minimum atomic E-state index is -0.924. The fourth-order valence-corrected chi connectivity index (χ4v) is 5.47. The molecule has 1 aliphatic rings. The lowest BCUT2D eigenvalue weighted by molar-refractivity contribution is -0.0751. The molecule has 0 aliphatic carbocycles. The molecule has 3 atom stereocenters. The maximum Gasteiger partial charge on any atom is 0.330 e. The molecule has 4 aromatic rings. The molecule has 42 heavy (non-hydrogen) atoms. The third kappa shape index (κ3) is 6.65. The van der Waals surface area contributed by atoms with Crippen molar-refractivity contribution >= 4 is 0 Å². The molecule has 9 nitrogen and oxygen atoms in total. The van der Waals surface area contributed by atoms with Crippen molar-refractivity contribution in [3.8, 4) is 11.5 Å². The molecular formula is C33H38N2O7. The number of nitrogens with one attached hydrogen (secondary N) is 1. The lowest BCUT2D eigenvalue weighted by atomic mass is 9.79. The van der Waals surface area contributed by atoms with E-state index in [0.29, 0.717) is 12.8 Å². The fraction of sp³-hybridized carbons (Fsp3) is 0.333. The number of aromatic amines is 1. The number of hydrogen-bond donors (Lipinski definition) is 2. The van der Waals surface area contributed by atoms with E-state index in [1.165, 1.54) is 16.8 Å². The van der Waals surface area contributed by atoms with Gasteiger partial charge in [0, 0.05) is 19.4 Å². The maximum absolute atomic E-state index is 12.3. The summed E-state index contributed by atoms with van der Waals surface area (Å²) in [6, 6.07) is 27.4. The zero-order valence-electron chi connectivity index (χ0n) is 24.4. The van der Waals surface area contributed by atoms with Gasteiger partial charge in [0.2, 0.25) is 0 Å². The zero-order valence-corrected chi connectivity index (χ0v) is 24.4. The normalized spacial score (nSPS) is 17.2. The minimum Gasteiger partial charge on any atom is -0.497 e. The largest absolute Gasteiger partial charge is 0.497 e. The Bertz CT molecular complexity index is 1470. The van der Waals surface area contributed by atoms with E-state index in [1.54, 1.807) is 14.2 Å². The van der Waals surface area contributed by atoms with Crippen molar-refractivity contribution in [2.24, 2.45) is 0 Å². The minimum absolute atomic E-state index is 0.112. The van der Waals surface area contributed by atoms with Crippen molar-refractivity contribution in [2.45, 2.75) is 50.2 Å². The standard InChI is InChI=1S/C32H34N2O6.CH4O/c1-22(21-28-17-18-30(39-28)34-20-19-29(35)33-31(34)36)40-32(23-7-5-4-6-8-23,24-9-13-26(37-2)14-10-24)25-11-15-27(38-3)16-12-25;1-2/h4-16,19-20,22,28,30H,17-18,21H2,1-3H3,(H,33,35,36);2H,1H3. The Morgan fingerprint density at radius 3 is 1.93 bits per heavy atom. The number of rotatable bonds is 10. The van der Waals surface area contributed by atoms with Crippen LogP contribution < -0.4 is 20.7 Å².